The van der Waals surface area contributed by atoms with Crippen LogP contribution in [0.3, 0.4) is 0 Å². The molecule has 1 saturated heterocycles. The molecule has 1 N–H and O–H groups in total. The van der Waals surface area contributed by atoms with E-state index in [0.29, 0.717) is 0 Å². The summed E-state index contributed by atoms with van der Waals surface area (Å²) in [5.74, 6) is 0.299. The molecule has 4 heteroatoms. The third kappa shape index (κ3) is 4.21. The minimum absolute atomic E-state index is 0.00231. The lowest BCUT2D eigenvalue weighted by atomic mass is 9.91. The van der Waals surface area contributed by atoms with Crippen LogP contribution in [-0.2, 0) is 9.59 Å². The molecule has 122 valence electrons. The quantitative estimate of drug-likeness (QED) is 0.748. The fourth-order valence-corrected chi connectivity index (χ4v) is 3.13. The highest BCUT2D eigenvalue weighted by atomic mass is 16.2. The van der Waals surface area contributed by atoms with Gasteiger partial charge in [0.05, 0.1) is 0 Å². The van der Waals surface area contributed by atoms with Gasteiger partial charge in [0.15, 0.2) is 0 Å². The topological polar surface area (TPSA) is 49.4 Å². The molecule has 1 heterocycles. The van der Waals surface area contributed by atoms with Gasteiger partial charge >= 0.3 is 0 Å². The van der Waals surface area contributed by atoms with E-state index in [0.717, 1.165) is 38.5 Å². The number of amides is 2. The maximum absolute atomic E-state index is 12.9. The predicted octanol–water partition coefficient (Wildman–Crippen LogP) is 3.11. The Morgan fingerprint density at radius 1 is 1.14 bits per heavy atom. The second-order valence-electron chi connectivity index (χ2n) is 6.38. The van der Waals surface area contributed by atoms with E-state index in [9.17, 15) is 9.59 Å². The molecule has 4 unspecified atom stereocenters. The summed E-state index contributed by atoms with van der Waals surface area (Å²) >= 11 is 0. The van der Waals surface area contributed by atoms with Crippen LogP contribution in [0, 0.1) is 5.92 Å². The van der Waals surface area contributed by atoms with Gasteiger partial charge in [-0.05, 0) is 25.7 Å². The smallest absolute Gasteiger partial charge is 0.246 e. The Morgan fingerprint density at radius 2 is 1.81 bits per heavy atom. The largest absolute Gasteiger partial charge is 0.342 e. The first-order valence-electron chi connectivity index (χ1n) is 8.60. The van der Waals surface area contributed by atoms with E-state index in [4.69, 9.17) is 0 Å². The molecule has 0 spiro atoms. The number of carbonyl (C=O) groups is 2. The van der Waals surface area contributed by atoms with E-state index in [1.165, 1.54) is 0 Å². The van der Waals surface area contributed by atoms with Crippen LogP contribution in [0.4, 0.5) is 0 Å². The van der Waals surface area contributed by atoms with Crippen molar-refractivity contribution in [1.82, 2.24) is 10.2 Å². The van der Waals surface area contributed by atoms with Crippen molar-refractivity contribution in [1.29, 1.82) is 0 Å². The van der Waals surface area contributed by atoms with Gasteiger partial charge in [-0.1, -0.05) is 53.4 Å². The molecule has 1 aliphatic heterocycles. The van der Waals surface area contributed by atoms with Gasteiger partial charge in [0.25, 0.3) is 0 Å². The Morgan fingerprint density at radius 3 is 2.33 bits per heavy atom. The molecule has 1 rings (SSSR count). The van der Waals surface area contributed by atoms with E-state index >= 15 is 0 Å². The molecule has 1 aliphatic rings. The molecule has 0 aromatic heterocycles. The van der Waals surface area contributed by atoms with E-state index in [1.54, 1.807) is 0 Å². The molecule has 0 radical (unpaired) electrons. The van der Waals surface area contributed by atoms with Crippen molar-refractivity contribution in [2.45, 2.75) is 91.3 Å². The minimum atomic E-state index is -0.348. The first-order valence-corrected chi connectivity index (χ1v) is 8.60. The Labute approximate surface area is 129 Å². The van der Waals surface area contributed by atoms with Crippen LogP contribution in [0.15, 0.2) is 0 Å². The predicted molar refractivity (Wildman–Crippen MR) is 85.9 cm³/mol. The highest BCUT2D eigenvalue weighted by molar-refractivity contribution is 5.97. The second kappa shape index (κ2) is 8.40. The Kier molecular flexibility index (Phi) is 7.20. The van der Waals surface area contributed by atoms with Crippen LogP contribution in [0.25, 0.3) is 0 Å². The highest BCUT2D eigenvalue weighted by Gasteiger charge is 2.42. The van der Waals surface area contributed by atoms with Crippen molar-refractivity contribution in [2.75, 3.05) is 0 Å². The summed E-state index contributed by atoms with van der Waals surface area (Å²) in [5.41, 5.74) is 0. The number of hydrogen-bond donors (Lipinski definition) is 1. The average Bonchev–Trinajstić information content (AvgIpc) is 2.47. The van der Waals surface area contributed by atoms with Crippen LogP contribution in [0.1, 0.15) is 73.1 Å². The summed E-state index contributed by atoms with van der Waals surface area (Å²) in [6.07, 6.45) is 6.15. The van der Waals surface area contributed by atoms with Crippen LogP contribution in [0.2, 0.25) is 0 Å². The molecule has 0 aromatic rings. The number of nitrogens with one attached hydrogen (secondary N) is 1. The van der Waals surface area contributed by atoms with E-state index in [-0.39, 0.29) is 35.9 Å². The number of piperazine rings is 1. The standard InChI is InChI=1S/C17H32N2O2/c1-6-9-11-14(10-7-2)19-13(5)16(20)18-15(17(19)21)12(4)8-3/h12-15H,6-11H2,1-5H3,(H,18,20). The third-order valence-electron chi connectivity index (χ3n) is 4.73. The van der Waals surface area contributed by atoms with E-state index in [2.05, 4.69) is 26.1 Å². The Hall–Kier alpha value is -1.06. The van der Waals surface area contributed by atoms with Crippen LogP contribution in [-0.4, -0.2) is 34.8 Å². The van der Waals surface area contributed by atoms with Gasteiger partial charge in [-0.3, -0.25) is 9.59 Å². The van der Waals surface area contributed by atoms with Gasteiger partial charge in [0, 0.05) is 6.04 Å². The van der Waals surface area contributed by atoms with Gasteiger partial charge in [0.1, 0.15) is 12.1 Å². The molecule has 0 aromatic carbocycles. The Balaban J connectivity index is 2.96. The lowest BCUT2D eigenvalue weighted by Crippen LogP contribution is -2.66. The molecule has 4 nitrogen and oxygen atoms in total. The summed E-state index contributed by atoms with van der Waals surface area (Å²) in [5, 5.41) is 2.92. The fraction of sp³-hybridized carbons (Fsp3) is 0.882. The molecule has 21 heavy (non-hydrogen) atoms. The summed E-state index contributed by atoms with van der Waals surface area (Å²) in [6, 6.07) is -0.485. The van der Waals surface area contributed by atoms with Crippen molar-refractivity contribution in [3.63, 3.8) is 0 Å². The van der Waals surface area contributed by atoms with Crippen LogP contribution < -0.4 is 5.32 Å². The van der Waals surface area contributed by atoms with E-state index in [1.807, 2.05) is 18.7 Å². The summed E-state index contributed by atoms with van der Waals surface area (Å²) in [7, 11) is 0. The maximum Gasteiger partial charge on any atom is 0.246 e. The van der Waals surface area contributed by atoms with Gasteiger partial charge in [0.2, 0.25) is 11.8 Å². The molecule has 4 atom stereocenters. The number of hydrogen-bond acceptors (Lipinski definition) is 2. The first kappa shape index (κ1) is 18.0. The van der Waals surface area contributed by atoms with Crippen molar-refractivity contribution >= 4 is 11.8 Å². The highest BCUT2D eigenvalue weighted by Crippen LogP contribution is 2.24. The molecule has 2 amide bonds. The number of nitrogens with zero attached hydrogens (tertiary/aromatic N) is 1. The fourth-order valence-electron chi connectivity index (χ4n) is 3.13. The number of rotatable bonds is 8. The third-order valence-corrected chi connectivity index (χ3v) is 4.73. The van der Waals surface area contributed by atoms with Crippen LogP contribution in [0.5, 0.6) is 0 Å². The molecular weight excluding hydrogens is 264 g/mol. The van der Waals surface area contributed by atoms with Crippen molar-refractivity contribution < 1.29 is 9.59 Å². The molecular formula is C17H32N2O2. The zero-order valence-corrected chi connectivity index (χ0v) is 14.3. The minimum Gasteiger partial charge on any atom is -0.342 e. The summed E-state index contributed by atoms with van der Waals surface area (Å²) < 4.78 is 0. The molecule has 1 fully saturated rings. The van der Waals surface area contributed by atoms with Crippen molar-refractivity contribution in [2.24, 2.45) is 5.92 Å². The molecule has 0 bridgehead atoms. The molecule has 0 saturated carbocycles. The monoisotopic (exact) mass is 296 g/mol. The summed E-state index contributed by atoms with van der Waals surface area (Å²) in [6.45, 7) is 10.3. The van der Waals surface area contributed by atoms with Crippen LogP contribution >= 0.6 is 0 Å². The molecule has 0 aliphatic carbocycles. The first-order chi connectivity index (χ1) is 9.97. The Bertz CT molecular complexity index is 357. The zero-order valence-electron chi connectivity index (χ0n) is 14.3. The van der Waals surface area contributed by atoms with Gasteiger partial charge < -0.3 is 10.2 Å². The number of carbonyl (C=O) groups excluding carboxylic acids is 2. The van der Waals surface area contributed by atoms with Gasteiger partial charge in [-0.2, -0.15) is 0 Å². The van der Waals surface area contributed by atoms with Crippen molar-refractivity contribution in [3.8, 4) is 0 Å². The lowest BCUT2D eigenvalue weighted by Gasteiger charge is -2.43. The SMILES string of the molecule is CCCCC(CCC)N1C(=O)C(C(C)CC)NC(=O)C1C. The normalized spacial score (nSPS) is 25.7. The lowest BCUT2D eigenvalue weighted by molar-refractivity contribution is -0.153. The zero-order chi connectivity index (χ0) is 16.0. The van der Waals surface area contributed by atoms with Crippen molar-refractivity contribution in [3.05, 3.63) is 0 Å². The second-order valence-corrected chi connectivity index (χ2v) is 6.38. The van der Waals surface area contributed by atoms with Gasteiger partial charge in [-0.25, -0.2) is 0 Å². The summed E-state index contributed by atoms with van der Waals surface area (Å²) in [4.78, 5) is 27.0. The van der Waals surface area contributed by atoms with Gasteiger partial charge in [-0.15, -0.1) is 0 Å². The maximum atomic E-state index is 12.9. The average molecular weight is 296 g/mol. The number of unbranched alkanes of at least 4 members (excludes halogenated alkanes) is 1. The van der Waals surface area contributed by atoms with E-state index < -0.39 is 0 Å².